The summed E-state index contributed by atoms with van der Waals surface area (Å²) in [5.41, 5.74) is 6.85. The molecule has 0 unspecified atom stereocenters. The molecule has 1 saturated heterocycles. The summed E-state index contributed by atoms with van der Waals surface area (Å²) >= 11 is 0. The fraction of sp³-hybridized carbons (Fsp3) is 0.500. The number of carbonyl (C=O) groups excluding carboxylic acids is 1. The van der Waals surface area contributed by atoms with Crippen LogP contribution in [-0.2, 0) is 9.47 Å². The SMILES string of the molecule is COC(=O)c1nc(N)ccc1C1CCOCC1. The molecule has 0 spiro atoms. The fourth-order valence-corrected chi connectivity index (χ4v) is 2.08. The highest BCUT2D eigenvalue weighted by molar-refractivity contribution is 5.89. The standard InChI is InChI=1S/C12H16N2O3/c1-16-12(15)11-9(2-3-10(13)14-11)8-4-6-17-7-5-8/h2-3,8H,4-7H2,1H3,(H2,13,14). The van der Waals surface area contributed by atoms with Gasteiger partial charge in [-0.25, -0.2) is 9.78 Å². The van der Waals surface area contributed by atoms with Crippen molar-refractivity contribution in [1.82, 2.24) is 4.98 Å². The van der Waals surface area contributed by atoms with Gasteiger partial charge in [-0.2, -0.15) is 0 Å². The molecule has 0 radical (unpaired) electrons. The predicted octanol–water partition coefficient (Wildman–Crippen LogP) is 1.34. The van der Waals surface area contributed by atoms with Crippen molar-refractivity contribution in [3.8, 4) is 0 Å². The highest BCUT2D eigenvalue weighted by Gasteiger charge is 2.23. The summed E-state index contributed by atoms with van der Waals surface area (Å²) in [5, 5.41) is 0. The van der Waals surface area contributed by atoms with Gasteiger partial charge in [0.15, 0.2) is 5.69 Å². The molecule has 1 fully saturated rings. The van der Waals surface area contributed by atoms with E-state index in [0.717, 1.165) is 31.6 Å². The molecule has 1 aliphatic heterocycles. The maximum absolute atomic E-state index is 11.7. The number of carbonyl (C=O) groups is 1. The van der Waals surface area contributed by atoms with Crippen LogP contribution in [0.15, 0.2) is 12.1 Å². The molecule has 2 N–H and O–H groups in total. The van der Waals surface area contributed by atoms with E-state index in [2.05, 4.69) is 4.98 Å². The number of esters is 1. The van der Waals surface area contributed by atoms with Crippen LogP contribution in [0.3, 0.4) is 0 Å². The molecule has 17 heavy (non-hydrogen) atoms. The first kappa shape index (κ1) is 11.9. The normalized spacial score (nSPS) is 16.8. The first-order valence-corrected chi connectivity index (χ1v) is 5.65. The number of rotatable bonds is 2. The molecule has 0 aromatic carbocycles. The molecular formula is C12H16N2O3. The second-order valence-electron chi connectivity index (χ2n) is 4.05. The average Bonchev–Trinajstić information content (AvgIpc) is 2.38. The zero-order chi connectivity index (χ0) is 12.3. The van der Waals surface area contributed by atoms with Crippen LogP contribution in [-0.4, -0.2) is 31.3 Å². The molecule has 2 heterocycles. The van der Waals surface area contributed by atoms with Crippen LogP contribution in [0.5, 0.6) is 0 Å². The minimum atomic E-state index is -0.432. The van der Waals surface area contributed by atoms with Gasteiger partial charge in [-0.3, -0.25) is 0 Å². The zero-order valence-corrected chi connectivity index (χ0v) is 9.81. The van der Waals surface area contributed by atoms with E-state index in [9.17, 15) is 4.79 Å². The van der Waals surface area contributed by atoms with E-state index in [1.165, 1.54) is 7.11 Å². The first-order valence-electron chi connectivity index (χ1n) is 5.65. The molecule has 0 amide bonds. The number of hydrogen-bond donors (Lipinski definition) is 1. The smallest absolute Gasteiger partial charge is 0.357 e. The third-order valence-corrected chi connectivity index (χ3v) is 2.99. The highest BCUT2D eigenvalue weighted by Crippen LogP contribution is 2.29. The van der Waals surface area contributed by atoms with E-state index in [1.807, 2.05) is 6.07 Å². The molecular weight excluding hydrogens is 220 g/mol. The van der Waals surface area contributed by atoms with Crippen molar-refractivity contribution >= 4 is 11.8 Å². The van der Waals surface area contributed by atoms with Crippen molar-refractivity contribution < 1.29 is 14.3 Å². The van der Waals surface area contributed by atoms with Crippen molar-refractivity contribution in [3.05, 3.63) is 23.4 Å². The number of aromatic nitrogens is 1. The largest absolute Gasteiger partial charge is 0.464 e. The van der Waals surface area contributed by atoms with Crippen molar-refractivity contribution in [2.24, 2.45) is 0 Å². The predicted molar refractivity (Wildman–Crippen MR) is 62.8 cm³/mol. The average molecular weight is 236 g/mol. The summed E-state index contributed by atoms with van der Waals surface area (Å²) in [6, 6.07) is 3.59. The maximum atomic E-state index is 11.7. The number of nitrogens with two attached hydrogens (primary N) is 1. The Morgan fingerprint density at radius 3 is 2.82 bits per heavy atom. The summed E-state index contributed by atoms with van der Waals surface area (Å²) < 4.78 is 10.0. The Labute approximate surface area is 99.9 Å². The minimum absolute atomic E-state index is 0.297. The summed E-state index contributed by atoms with van der Waals surface area (Å²) in [6.07, 6.45) is 1.80. The number of ether oxygens (including phenoxy) is 2. The van der Waals surface area contributed by atoms with Crippen molar-refractivity contribution in [2.75, 3.05) is 26.1 Å². The summed E-state index contributed by atoms with van der Waals surface area (Å²) in [5.74, 6) is 0.200. The number of pyridine rings is 1. The lowest BCUT2D eigenvalue weighted by molar-refractivity contribution is 0.0585. The van der Waals surface area contributed by atoms with Crippen LogP contribution in [0, 0.1) is 0 Å². The fourth-order valence-electron chi connectivity index (χ4n) is 2.08. The second kappa shape index (κ2) is 5.14. The second-order valence-corrected chi connectivity index (χ2v) is 4.05. The molecule has 0 saturated carbocycles. The third kappa shape index (κ3) is 2.55. The van der Waals surface area contributed by atoms with Gasteiger partial charge < -0.3 is 15.2 Å². The Morgan fingerprint density at radius 2 is 2.18 bits per heavy atom. The van der Waals surface area contributed by atoms with Crippen LogP contribution in [0.1, 0.15) is 34.8 Å². The third-order valence-electron chi connectivity index (χ3n) is 2.99. The van der Waals surface area contributed by atoms with Crippen LogP contribution < -0.4 is 5.73 Å². The first-order chi connectivity index (χ1) is 8.22. The number of nitrogens with zero attached hydrogens (tertiary/aromatic N) is 1. The summed E-state index contributed by atoms with van der Waals surface area (Å²) in [4.78, 5) is 15.7. The van der Waals surface area contributed by atoms with Crippen molar-refractivity contribution in [3.63, 3.8) is 0 Å². The van der Waals surface area contributed by atoms with Gasteiger partial charge in [-0.1, -0.05) is 6.07 Å². The topological polar surface area (TPSA) is 74.4 Å². The van der Waals surface area contributed by atoms with Crippen LogP contribution >= 0.6 is 0 Å². The van der Waals surface area contributed by atoms with E-state index in [-0.39, 0.29) is 0 Å². The number of nitrogen functional groups attached to an aromatic ring is 1. The van der Waals surface area contributed by atoms with E-state index >= 15 is 0 Å². The monoisotopic (exact) mass is 236 g/mol. The van der Waals surface area contributed by atoms with E-state index in [4.69, 9.17) is 15.2 Å². The molecule has 5 nitrogen and oxygen atoms in total. The van der Waals surface area contributed by atoms with E-state index in [1.54, 1.807) is 6.07 Å². The van der Waals surface area contributed by atoms with Gasteiger partial charge in [-0.05, 0) is 30.4 Å². The van der Waals surface area contributed by atoms with Crippen molar-refractivity contribution in [2.45, 2.75) is 18.8 Å². The summed E-state index contributed by atoms with van der Waals surface area (Å²) in [7, 11) is 1.35. The number of anilines is 1. The van der Waals surface area contributed by atoms with Crippen molar-refractivity contribution in [1.29, 1.82) is 0 Å². The number of hydrogen-bond acceptors (Lipinski definition) is 5. The van der Waals surface area contributed by atoms with Gasteiger partial charge in [0, 0.05) is 13.2 Å². The zero-order valence-electron chi connectivity index (χ0n) is 9.81. The molecule has 0 aliphatic carbocycles. The molecule has 2 rings (SSSR count). The Kier molecular flexibility index (Phi) is 3.58. The lowest BCUT2D eigenvalue weighted by atomic mass is 9.90. The lowest BCUT2D eigenvalue weighted by Gasteiger charge is -2.23. The Morgan fingerprint density at radius 1 is 1.47 bits per heavy atom. The van der Waals surface area contributed by atoms with Crippen LogP contribution in [0.2, 0.25) is 0 Å². The van der Waals surface area contributed by atoms with Gasteiger partial charge in [0.05, 0.1) is 7.11 Å². The van der Waals surface area contributed by atoms with Gasteiger partial charge in [-0.15, -0.1) is 0 Å². The molecule has 1 aromatic rings. The van der Waals surface area contributed by atoms with Crippen LogP contribution in [0.25, 0.3) is 0 Å². The van der Waals surface area contributed by atoms with E-state index < -0.39 is 5.97 Å². The molecule has 1 aliphatic rings. The molecule has 92 valence electrons. The molecule has 1 aromatic heterocycles. The Bertz CT molecular complexity index is 414. The lowest BCUT2D eigenvalue weighted by Crippen LogP contribution is -2.18. The Balaban J connectivity index is 2.34. The van der Waals surface area contributed by atoms with Gasteiger partial charge >= 0.3 is 5.97 Å². The minimum Gasteiger partial charge on any atom is -0.464 e. The molecule has 5 heteroatoms. The van der Waals surface area contributed by atoms with Gasteiger partial charge in [0.2, 0.25) is 0 Å². The number of methoxy groups -OCH3 is 1. The summed E-state index contributed by atoms with van der Waals surface area (Å²) in [6.45, 7) is 1.44. The van der Waals surface area contributed by atoms with E-state index in [0.29, 0.717) is 17.4 Å². The molecule has 0 bridgehead atoms. The Hall–Kier alpha value is -1.62. The quantitative estimate of drug-likeness (QED) is 0.784. The van der Waals surface area contributed by atoms with Gasteiger partial charge in [0.25, 0.3) is 0 Å². The molecule has 0 atom stereocenters. The highest BCUT2D eigenvalue weighted by atomic mass is 16.5. The van der Waals surface area contributed by atoms with Gasteiger partial charge in [0.1, 0.15) is 5.82 Å². The van der Waals surface area contributed by atoms with Crippen LogP contribution in [0.4, 0.5) is 5.82 Å². The maximum Gasteiger partial charge on any atom is 0.357 e.